The van der Waals surface area contributed by atoms with Crippen molar-refractivity contribution in [3.05, 3.63) is 0 Å². The van der Waals surface area contributed by atoms with Crippen molar-refractivity contribution in [1.82, 2.24) is 0 Å². The summed E-state index contributed by atoms with van der Waals surface area (Å²) in [4.78, 5) is 22.8. The number of carbonyl (C=O) groups excluding carboxylic acids is 1. The molecule has 0 aliphatic carbocycles. The van der Waals surface area contributed by atoms with Crippen molar-refractivity contribution in [2.24, 2.45) is 17.6 Å². The standard InChI is InChI=1S/C13H25NO4/c1-6-8(2)9(7-10(14)11(15)16)12(17)18-13(3,4)5/h8-10H,6-7,14H2,1-5H3,(H,15,16)/t8-,9?,10+/m0/s1. The van der Waals surface area contributed by atoms with Gasteiger partial charge in [-0.3, -0.25) is 9.59 Å². The molecule has 3 N–H and O–H groups in total. The Morgan fingerprint density at radius 3 is 2.17 bits per heavy atom. The van der Waals surface area contributed by atoms with E-state index in [-0.39, 0.29) is 18.3 Å². The van der Waals surface area contributed by atoms with Crippen LogP contribution in [0.3, 0.4) is 0 Å². The zero-order valence-electron chi connectivity index (χ0n) is 11.9. The Bertz CT molecular complexity index is 296. The number of nitrogens with two attached hydrogens (primary N) is 1. The largest absolute Gasteiger partial charge is 0.480 e. The fourth-order valence-electron chi connectivity index (χ4n) is 1.60. The van der Waals surface area contributed by atoms with E-state index in [0.29, 0.717) is 0 Å². The maximum absolute atomic E-state index is 12.0. The highest BCUT2D eigenvalue weighted by Gasteiger charge is 2.32. The average molecular weight is 259 g/mol. The Labute approximate surface area is 109 Å². The second-order valence-electron chi connectivity index (χ2n) is 5.71. The topological polar surface area (TPSA) is 89.6 Å². The van der Waals surface area contributed by atoms with E-state index in [0.717, 1.165) is 6.42 Å². The quantitative estimate of drug-likeness (QED) is 0.710. The molecule has 0 aliphatic heterocycles. The van der Waals surface area contributed by atoms with Crippen LogP contribution >= 0.6 is 0 Å². The van der Waals surface area contributed by atoms with E-state index in [9.17, 15) is 9.59 Å². The summed E-state index contributed by atoms with van der Waals surface area (Å²) in [6.45, 7) is 9.22. The van der Waals surface area contributed by atoms with Gasteiger partial charge in [0.25, 0.3) is 0 Å². The van der Waals surface area contributed by atoms with Gasteiger partial charge in [-0.1, -0.05) is 20.3 Å². The summed E-state index contributed by atoms with van der Waals surface area (Å²) >= 11 is 0. The summed E-state index contributed by atoms with van der Waals surface area (Å²) < 4.78 is 5.32. The van der Waals surface area contributed by atoms with Crippen LogP contribution in [0, 0.1) is 11.8 Å². The average Bonchev–Trinajstić information content (AvgIpc) is 2.21. The van der Waals surface area contributed by atoms with E-state index in [1.807, 2.05) is 13.8 Å². The van der Waals surface area contributed by atoms with Crippen molar-refractivity contribution in [2.45, 2.75) is 59.1 Å². The number of carbonyl (C=O) groups is 2. The van der Waals surface area contributed by atoms with Crippen LogP contribution in [0.4, 0.5) is 0 Å². The summed E-state index contributed by atoms with van der Waals surface area (Å²) in [5.74, 6) is -1.88. The van der Waals surface area contributed by atoms with Gasteiger partial charge in [0, 0.05) is 0 Å². The number of esters is 1. The molecule has 0 bridgehead atoms. The normalized spacial score (nSPS) is 16.8. The first-order valence-corrected chi connectivity index (χ1v) is 6.29. The molecule has 3 atom stereocenters. The smallest absolute Gasteiger partial charge is 0.320 e. The van der Waals surface area contributed by atoms with Crippen molar-refractivity contribution in [2.75, 3.05) is 0 Å². The van der Waals surface area contributed by atoms with Gasteiger partial charge in [-0.05, 0) is 33.1 Å². The highest BCUT2D eigenvalue weighted by molar-refractivity contribution is 5.77. The molecule has 0 fully saturated rings. The summed E-state index contributed by atoms with van der Waals surface area (Å²) in [6, 6.07) is -1.03. The van der Waals surface area contributed by atoms with Crippen LogP contribution in [0.25, 0.3) is 0 Å². The molecule has 0 aromatic carbocycles. The molecule has 0 saturated carbocycles. The molecule has 0 saturated heterocycles. The lowest BCUT2D eigenvalue weighted by molar-refractivity contribution is -0.162. The highest BCUT2D eigenvalue weighted by atomic mass is 16.6. The van der Waals surface area contributed by atoms with E-state index < -0.39 is 23.5 Å². The molecule has 0 aromatic heterocycles. The minimum atomic E-state index is -1.09. The number of hydrogen-bond acceptors (Lipinski definition) is 4. The molecular weight excluding hydrogens is 234 g/mol. The maximum Gasteiger partial charge on any atom is 0.320 e. The summed E-state index contributed by atoms with van der Waals surface area (Å²) in [6.07, 6.45) is 0.884. The van der Waals surface area contributed by atoms with Gasteiger partial charge in [-0.15, -0.1) is 0 Å². The summed E-state index contributed by atoms with van der Waals surface area (Å²) in [5.41, 5.74) is 4.93. The molecule has 0 aliphatic rings. The zero-order valence-corrected chi connectivity index (χ0v) is 11.9. The minimum absolute atomic E-state index is 0.0465. The number of hydrogen-bond donors (Lipinski definition) is 2. The van der Waals surface area contributed by atoms with Crippen molar-refractivity contribution in [1.29, 1.82) is 0 Å². The van der Waals surface area contributed by atoms with Crippen LogP contribution in [0.2, 0.25) is 0 Å². The lowest BCUT2D eigenvalue weighted by Crippen LogP contribution is -2.39. The van der Waals surface area contributed by atoms with Crippen molar-refractivity contribution >= 4 is 11.9 Å². The van der Waals surface area contributed by atoms with Gasteiger partial charge in [-0.25, -0.2) is 0 Å². The molecule has 0 rings (SSSR count). The fraction of sp³-hybridized carbons (Fsp3) is 0.846. The van der Waals surface area contributed by atoms with Crippen LogP contribution < -0.4 is 5.73 Å². The Morgan fingerprint density at radius 1 is 1.33 bits per heavy atom. The number of aliphatic carboxylic acids is 1. The summed E-state index contributed by atoms with van der Waals surface area (Å²) in [7, 11) is 0. The minimum Gasteiger partial charge on any atom is -0.480 e. The van der Waals surface area contributed by atoms with Gasteiger partial charge in [0.05, 0.1) is 5.92 Å². The lowest BCUT2D eigenvalue weighted by Gasteiger charge is -2.27. The third kappa shape index (κ3) is 6.00. The number of carboxylic acid groups (broad SMARTS) is 1. The van der Waals surface area contributed by atoms with Gasteiger partial charge < -0.3 is 15.6 Å². The van der Waals surface area contributed by atoms with Crippen molar-refractivity contribution in [3.63, 3.8) is 0 Å². The molecule has 106 valence electrons. The Kier molecular flexibility index (Phi) is 6.32. The van der Waals surface area contributed by atoms with Gasteiger partial charge >= 0.3 is 11.9 Å². The van der Waals surface area contributed by atoms with E-state index in [1.165, 1.54) is 0 Å². The Hall–Kier alpha value is -1.10. The second-order valence-corrected chi connectivity index (χ2v) is 5.71. The highest BCUT2D eigenvalue weighted by Crippen LogP contribution is 2.24. The monoisotopic (exact) mass is 259 g/mol. The number of rotatable bonds is 6. The molecule has 0 aromatic rings. The SMILES string of the molecule is CC[C@H](C)C(C[C@@H](N)C(=O)O)C(=O)OC(C)(C)C. The molecule has 0 heterocycles. The van der Waals surface area contributed by atoms with E-state index in [1.54, 1.807) is 20.8 Å². The van der Waals surface area contributed by atoms with Crippen LogP contribution in [0.1, 0.15) is 47.5 Å². The van der Waals surface area contributed by atoms with Crippen LogP contribution in [-0.4, -0.2) is 28.7 Å². The lowest BCUT2D eigenvalue weighted by atomic mass is 9.86. The van der Waals surface area contributed by atoms with Crippen molar-refractivity contribution in [3.8, 4) is 0 Å². The Morgan fingerprint density at radius 2 is 1.83 bits per heavy atom. The molecule has 5 heteroatoms. The van der Waals surface area contributed by atoms with Crippen LogP contribution in [0.5, 0.6) is 0 Å². The van der Waals surface area contributed by atoms with Gasteiger partial charge in [0.1, 0.15) is 11.6 Å². The fourth-order valence-corrected chi connectivity index (χ4v) is 1.60. The first kappa shape index (κ1) is 16.9. The third-order valence-corrected chi connectivity index (χ3v) is 2.87. The van der Waals surface area contributed by atoms with E-state index in [4.69, 9.17) is 15.6 Å². The first-order chi connectivity index (χ1) is 8.08. The van der Waals surface area contributed by atoms with Gasteiger partial charge in [-0.2, -0.15) is 0 Å². The van der Waals surface area contributed by atoms with E-state index in [2.05, 4.69) is 0 Å². The van der Waals surface area contributed by atoms with Crippen LogP contribution in [-0.2, 0) is 14.3 Å². The molecular formula is C13H25NO4. The molecule has 5 nitrogen and oxygen atoms in total. The molecule has 0 amide bonds. The number of carboxylic acids is 1. The molecule has 0 radical (unpaired) electrons. The maximum atomic E-state index is 12.0. The third-order valence-electron chi connectivity index (χ3n) is 2.87. The zero-order chi connectivity index (χ0) is 14.5. The predicted octanol–water partition coefficient (Wildman–Crippen LogP) is 1.79. The Balaban J connectivity index is 4.78. The predicted molar refractivity (Wildman–Crippen MR) is 69.0 cm³/mol. The molecule has 18 heavy (non-hydrogen) atoms. The second kappa shape index (κ2) is 6.73. The van der Waals surface area contributed by atoms with Crippen LogP contribution in [0.15, 0.2) is 0 Å². The molecule has 0 spiro atoms. The molecule has 1 unspecified atom stereocenters. The number of ether oxygens (including phenoxy) is 1. The summed E-state index contributed by atoms with van der Waals surface area (Å²) in [5, 5.41) is 8.82. The first-order valence-electron chi connectivity index (χ1n) is 6.29. The van der Waals surface area contributed by atoms with Crippen molar-refractivity contribution < 1.29 is 19.4 Å². The van der Waals surface area contributed by atoms with Gasteiger partial charge in [0.15, 0.2) is 0 Å². The van der Waals surface area contributed by atoms with Gasteiger partial charge in [0.2, 0.25) is 0 Å². The van der Waals surface area contributed by atoms with E-state index >= 15 is 0 Å².